The van der Waals surface area contributed by atoms with Crippen LogP contribution in [0.2, 0.25) is 0 Å². The number of carbonyl (C=O) groups excluding carboxylic acids is 2. The molecule has 1 atom stereocenters. The minimum atomic E-state index is 0.101. The molecule has 2 amide bonds. The monoisotopic (exact) mass is 236 g/mol. The van der Waals surface area contributed by atoms with Crippen molar-refractivity contribution in [3.05, 3.63) is 11.6 Å². The first kappa shape index (κ1) is 12.1. The number of allylic oxidation sites excluding steroid dienone is 1. The van der Waals surface area contributed by atoms with Crippen LogP contribution in [0.4, 0.5) is 0 Å². The van der Waals surface area contributed by atoms with E-state index in [-0.39, 0.29) is 17.9 Å². The van der Waals surface area contributed by atoms with Gasteiger partial charge < -0.3 is 9.80 Å². The third kappa shape index (κ3) is 2.51. The lowest BCUT2D eigenvalue weighted by Crippen LogP contribution is -2.55. The predicted octanol–water partition coefficient (Wildman–Crippen LogP) is 1.18. The van der Waals surface area contributed by atoms with Crippen molar-refractivity contribution in [2.24, 2.45) is 0 Å². The fourth-order valence-electron chi connectivity index (χ4n) is 2.59. The van der Waals surface area contributed by atoms with Crippen LogP contribution < -0.4 is 0 Å². The SMILES string of the molecule is CC(=O)N1CCN(C(=O)C2=CCCC2)C(C)C1. The molecule has 0 spiro atoms. The topological polar surface area (TPSA) is 40.6 Å². The molecule has 0 radical (unpaired) electrons. The van der Waals surface area contributed by atoms with Gasteiger partial charge >= 0.3 is 0 Å². The summed E-state index contributed by atoms with van der Waals surface area (Å²) in [4.78, 5) is 27.3. The Hall–Kier alpha value is -1.32. The first-order valence-electron chi connectivity index (χ1n) is 6.35. The highest BCUT2D eigenvalue weighted by molar-refractivity contribution is 5.94. The molecule has 17 heavy (non-hydrogen) atoms. The third-order valence-electron chi connectivity index (χ3n) is 3.65. The molecule has 94 valence electrons. The minimum Gasteiger partial charge on any atom is -0.339 e. The lowest BCUT2D eigenvalue weighted by Gasteiger charge is -2.39. The van der Waals surface area contributed by atoms with Gasteiger partial charge in [-0.2, -0.15) is 0 Å². The highest BCUT2D eigenvalue weighted by atomic mass is 16.2. The van der Waals surface area contributed by atoms with Crippen LogP contribution in [0.5, 0.6) is 0 Å². The summed E-state index contributed by atoms with van der Waals surface area (Å²) < 4.78 is 0. The second kappa shape index (κ2) is 4.90. The molecule has 0 N–H and O–H groups in total. The zero-order valence-corrected chi connectivity index (χ0v) is 10.6. The van der Waals surface area contributed by atoms with Gasteiger partial charge in [-0.1, -0.05) is 6.08 Å². The van der Waals surface area contributed by atoms with Crippen molar-refractivity contribution in [3.63, 3.8) is 0 Å². The zero-order chi connectivity index (χ0) is 12.4. The van der Waals surface area contributed by atoms with Gasteiger partial charge in [-0.05, 0) is 26.2 Å². The van der Waals surface area contributed by atoms with Gasteiger partial charge in [0.25, 0.3) is 0 Å². The van der Waals surface area contributed by atoms with Crippen molar-refractivity contribution in [2.45, 2.75) is 39.2 Å². The Morgan fingerprint density at radius 1 is 1.35 bits per heavy atom. The van der Waals surface area contributed by atoms with Crippen molar-refractivity contribution in [1.82, 2.24) is 9.80 Å². The Morgan fingerprint density at radius 3 is 2.65 bits per heavy atom. The summed E-state index contributed by atoms with van der Waals surface area (Å²) in [5.74, 6) is 0.280. The summed E-state index contributed by atoms with van der Waals surface area (Å²) in [5.41, 5.74) is 0.966. The molecule has 0 aromatic rings. The van der Waals surface area contributed by atoms with E-state index < -0.39 is 0 Å². The first-order valence-corrected chi connectivity index (χ1v) is 6.35. The molecule has 4 heteroatoms. The van der Waals surface area contributed by atoms with Crippen molar-refractivity contribution >= 4 is 11.8 Å². The fourth-order valence-corrected chi connectivity index (χ4v) is 2.59. The van der Waals surface area contributed by atoms with E-state index in [0.717, 1.165) is 24.8 Å². The van der Waals surface area contributed by atoms with Gasteiger partial charge in [0.2, 0.25) is 11.8 Å². The van der Waals surface area contributed by atoms with E-state index in [2.05, 4.69) is 6.08 Å². The quantitative estimate of drug-likeness (QED) is 0.686. The number of hydrogen-bond acceptors (Lipinski definition) is 2. The number of amides is 2. The Balaban J connectivity index is 1.99. The summed E-state index contributed by atoms with van der Waals surface area (Å²) in [6.07, 6.45) is 5.11. The van der Waals surface area contributed by atoms with E-state index in [0.29, 0.717) is 19.6 Å². The Labute approximate surface area is 102 Å². The van der Waals surface area contributed by atoms with Crippen molar-refractivity contribution < 1.29 is 9.59 Å². The average molecular weight is 236 g/mol. The molecule has 1 fully saturated rings. The molecular formula is C13H20N2O2. The molecule has 4 nitrogen and oxygen atoms in total. The van der Waals surface area contributed by atoms with Crippen molar-refractivity contribution in [1.29, 1.82) is 0 Å². The molecule has 0 saturated carbocycles. The lowest BCUT2D eigenvalue weighted by molar-refractivity contribution is -0.139. The van der Waals surface area contributed by atoms with Crippen LogP contribution >= 0.6 is 0 Å². The van der Waals surface area contributed by atoms with E-state index in [4.69, 9.17) is 0 Å². The number of piperazine rings is 1. The van der Waals surface area contributed by atoms with E-state index in [1.165, 1.54) is 0 Å². The van der Waals surface area contributed by atoms with Gasteiger partial charge in [0.1, 0.15) is 0 Å². The summed E-state index contributed by atoms with van der Waals surface area (Å²) in [6, 6.07) is 0.127. The maximum Gasteiger partial charge on any atom is 0.249 e. The van der Waals surface area contributed by atoms with Gasteiger partial charge in [0.05, 0.1) is 0 Å². The largest absolute Gasteiger partial charge is 0.339 e. The molecule has 2 rings (SSSR count). The molecule has 0 aromatic carbocycles. The summed E-state index contributed by atoms with van der Waals surface area (Å²) in [7, 11) is 0. The molecule has 1 unspecified atom stereocenters. The second-order valence-corrected chi connectivity index (χ2v) is 4.93. The van der Waals surface area contributed by atoms with Crippen LogP contribution in [0.1, 0.15) is 33.1 Å². The molecule has 1 aliphatic carbocycles. The molecular weight excluding hydrogens is 216 g/mol. The molecule has 0 aromatic heterocycles. The minimum absolute atomic E-state index is 0.101. The molecule has 1 saturated heterocycles. The summed E-state index contributed by atoms with van der Waals surface area (Å²) >= 11 is 0. The van der Waals surface area contributed by atoms with Crippen LogP contribution in [0.25, 0.3) is 0 Å². The Morgan fingerprint density at radius 2 is 2.12 bits per heavy atom. The van der Waals surface area contributed by atoms with Gasteiger partial charge in [-0.25, -0.2) is 0 Å². The fraction of sp³-hybridized carbons (Fsp3) is 0.692. The van der Waals surface area contributed by atoms with Crippen LogP contribution in [0.15, 0.2) is 11.6 Å². The normalized spacial score (nSPS) is 24.8. The number of nitrogens with zero attached hydrogens (tertiary/aromatic N) is 2. The van der Waals surface area contributed by atoms with Crippen LogP contribution in [0.3, 0.4) is 0 Å². The Bertz CT molecular complexity index is 362. The predicted molar refractivity (Wildman–Crippen MR) is 65.4 cm³/mol. The first-order chi connectivity index (χ1) is 8.09. The smallest absolute Gasteiger partial charge is 0.249 e. The van der Waals surface area contributed by atoms with Gasteiger partial charge in [0.15, 0.2) is 0 Å². The highest BCUT2D eigenvalue weighted by Crippen LogP contribution is 2.22. The molecule has 2 aliphatic rings. The Kier molecular flexibility index (Phi) is 3.50. The third-order valence-corrected chi connectivity index (χ3v) is 3.65. The van der Waals surface area contributed by atoms with Gasteiger partial charge in [0, 0.05) is 38.2 Å². The van der Waals surface area contributed by atoms with E-state index in [1.807, 2.05) is 16.7 Å². The number of carbonyl (C=O) groups is 2. The van der Waals surface area contributed by atoms with Crippen LogP contribution in [0, 0.1) is 0 Å². The number of hydrogen-bond donors (Lipinski definition) is 0. The standard InChI is InChI=1S/C13H20N2O2/c1-10-9-14(11(2)16)7-8-15(10)13(17)12-5-3-4-6-12/h5,10H,3-4,6-9H2,1-2H3. The van der Waals surface area contributed by atoms with Crippen LogP contribution in [-0.2, 0) is 9.59 Å². The molecule has 1 heterocycles. The van der Waals surface area contributed by atoms with E-state index >= 15 is 0 Å². The van der Waals surface area contributed by atoms with E-state index in [9.17, 15) is 9.59 Å². The maximum atomic E-state index is 12.2. The zero-order valence-electron chi connectivity index (χ0n) is 10.6. The summed E-state index contributed by atoms with van der Waals surface area (Å²) in [6.45, 7) is 5.59. The highest BCUT2D eigenvalue weighted by Gasteiger charge is 2.30. The van der Waals surface area contributed by atoms with Crippen LogP contribution in [-0.4, -0.2) is 47.3 Å². The number of rotatable bonds is 1. The second-order valence-electron chi connectivity index (χ2n) is 4.93. The van der Waals surface area contributed by atoms with Crippen molar-refractivity contribution in [3.8, 4) is 0 Å². The average Bonchev–Trinajstić information content (AvgIpc) is 2.81. The van der Waals surface area contributed by atoms with E-state index in [1.54, 1.807) is 6.92 Å². The maximum absolute atomic E-state index is 12.2. The molecule has 1 aliphatic heterocycles. The molecule has 0 bridgehead atoms. The van der Waals surface area contributed by atoms with Gasteiger partial charge in [-0.15, -0.1) is 0 Å². The van der Waals surface area contributed by atoms with Gasteiger partial charge in [-0.3, -0.25) is 9.59 Å². The summed E-state index contributed by atoms with van der Waals surface area (Å²) in [5, 5.41) is 0. The lowest BCUT2D eigenvalue weighted by atomic mass is 10.1. The van der Waals surface area contributed by atoms with Crippen molar-refractivity contribution in [2.75, 3.05) is 19.6 Å².